The molecule has 7 nitrogen and oxygen atoms in total. The molecule has 0 spiro atoms. The molecule has 0 aliphatic heterocycles. The van der Waals surface area contributed by atoms with E-state index in [0.29, 0.717) is 13.1 Å². The highest BCUT2D eigenvalue weighted by atomic mass is 16.6. The molecule has 0 unspecified atom stereocenters. The van der Waals surface area contributed by atoms with E-state index in [-0.39, 0.29) is 6.61 Å². The third kappa shape index (κ3) is 11.3. The maximum Gasteiger partial charge on any atom is 0.407 e. The molecule has 0 radical (unpaired) electrons. The molecule has 0 heterocycles. The Hall–Kier alpha value is -1.50. The second-order valence-corrected chi connectivity index (χ2v) is 4.88. The Bertz CT molecular complexity index is 281. The minimum atomic E-state index is -1.00. The Morgan fingerprint density at radius 1 is 1.05 bits per heavy atom. The van der Waals surface area contributed by atoms with E-state index >= 15 is 0 Å². The Morgan fingerprint density at radius 2 is 1.58 bits per heavy atom. The van der Waals surface area contributed by atoms with E-state index in [9.17, 15) is 9.59 Å². The van der Waals surface area contributed by atoms with E-state index in [1.54, 1.807) is 13.8 Å². The molecular formula is C12H24N2O5. The van der Waals surface area contributed by atoms with Crippen molar-refractivity contribution in [1.29, 1.82) is 0 Å². The highest BCUT2D eigenvalue weighted by Gasteiger charge is 2.21. The lowest BCUT2D eigenvalue weighted by Crippen LogP contribution is -2.37. The number of alkyl carbamates (subject to hydrolysis) is 1. The molecule has 0 aliphatic rings. The van der Waals surface area contributed by atoms with Crippen molar-refractivity contribution in [2.45, 2.75) is 45.1 Å². The van der Waals surface area contributed by atoms with Crippen LogP contribution in [-0.2, 0) is 4.74 Å². The molecule has 0 aliphatic carbocycles. The van der Waals surface area contributed by atoms with Crippen molar-refractivity contribution >= 4 is 12.2 Å². The molecule has 2 amide bonds. The summed E-state index contributed by atoms with van der Waals surface area (Å²) >= 11 is 0. The highest BCUT2D eigenvalue weighted by Crippen LogP contribution is 2.07. The standard InChI is InChI=1S/C12H24N2O5/c1-12(2,9-15)19-11(18)14-8-6-4-3-5-7-13-10(16)17/h13,15H,3-9H2,1-2H3,(H,14,18)(H,16,17). The SMILES string of the molecule is CC(C)(CO)OC(=O)NCCCCCCNC(=O)O. The summed E-state index contributed by atoms with van der Waals surface area (Å²) in [4.78, 5) is 21.5. The van der Waals surface area contributed by atoms with Crippen molar-refractivity contribution in [2.24, 2.45) is 0 Å². The van der Waals surface area contributed by atoms with E-state index in [1.165, 1.54) is 0 Å². The summed E-state index contributed by atoms with van der Waals surface area (Å²) in [6.45, 7) is 3.99. The zero-order valence-electron chi connectivity index (χ0n) is 11.6. The van der Waals surface area contributed by atoms with Crippen molar-refractivity contribution in [3.8, 4) is 0 Å². The van der Waals surface area contributed by atoms with Crippen molar-refractivity contribution in [3.05, 3.63) is 0 Å². The molecule has 112 valence electrons. The number of carboxylic acid groups (broad SMARTS) is 1. The molecular weight excluding hydrogens is 252 g/mol. The van der Waals surface area contributed by atoms with E-state index in [4.69, 9.17) is 14.9 Å². The van der Waals surface area contributed by atoms with Gasteiger partial charge >= 0.3 is 12.2 Å². The minimum Gasteiger partial charge on any atom is -0.465 e. The fourth-order valence-corrected chi connectivity index (χ4v) is 1.31. The van der Waals surface area contributed by atoms with Crippen LogP contribution in [0.15, 0.2) is 0 Å². The summed E-state index contributed by atoms with van der Waals surface area (Å²) < 4.78 is 4.98. The molecule has 0 aromatic heterocycles. The van der Waals surface area contributed by atoms with Crippen LogP contribution in [0.3, 0.4) is 0 Å². The Morgan fingerprint density at radius 3 is 2.05 bits per heavy atom. The molecule has 0 bridgehead atoms. The Balaban J connectivity index is 3.39. The molecule has 0 aromatic rings. The zero-order valence-corrected chi connectivity index (χ0v) is 11.6. The summed E-state index contributed by atoms with van der Waals surface area (Å²) in [7, 11) is 0. The fraction of sp³-hybridized carbons (Fsp3) is 0.833. The van der Waals surface area contributed by atoms with Gasteiger partial charge in [-0.05, 0) is 26.7 Å². The molecule has 0 saturated carbocycles. The molecule has 0 saturated heterocycles. The number of hydrogen-bond acceptors (Lipinski definition) is 4. The minimum absolute atomic E-state index is 0.225. The molecule has 0 aromatic carbocycles. The summed E-state index contributed by atoms with van der Waals surface area (Å²) in [5, 5.41) is 22.1. The number of carbonyl (C=O) groups is 2. The highest BCUT2D eigenvalue weighted by molar-refractivity contribution is 5.67. The van der Waals surface area contributed by atoms with E-state index in [1.807, 2.05) is 0 Å². The first-order valence-corrected chi connectivity index (χ1v) is 6.42. The zero-order chi connectivity index (χ0) is 14.7. The number of nitrogens with one attached hydrogen (secondary N) is 2. The Kier molecular flexibility index (Phi) is 8.69. The van der Waals surface area contributed by atoms with E-state index in [2.05, 4.69) is 10.6 Å². The Labute approximate surface area is 113 Å². The van der Waals surface area contributed by atoms with Crippen LogP contribution >= 0.6 is 0 Å². The van der Waals surface area contributed by atoms with Crippen LogP contribution in [0.2, 0.25) is 0 Å². The predicted octanol–water partition coefficient (Wildman–Crippen LogP) is 1.31. The molecule has 0 fully saturated rings. The van der Waals surface area contributed by atoms with Crippen molar-refractivity contribution < 1.29 is 24.5 Å². The summed E-state index contributed by atoms with van der Waals surface area (Å²) in [5.74, 6) is 0. The van der Waals surface area contributed by atoms with Crippen LogP contribution in [0.5, 0.6) is 0 Å². The molecule has 4 N–H and O–H groups in total. The average molecular weight is 276 g/mol. The topological polar surface area (TPSA) is 108 Å². The van der Waals surface area contributed by atoms with E-state index in [0.717, 1.165) is 25.7 Å². The smallest absolute Gasteiger partial charge is 0.407 e. The van der Waals surface area contributed by atoms with Gasteiger partial charge in [-0.2, -0.15) is 0 Å². The molecule has 0 rings (SSSR count). The lowest BCUT2D eigenvalue weighted by Gasteiger charge is -2.22. The summed E-state index contributed by atoms with van der Waals surface area (Å²) in [6, 6.07) is 0. The molecule has 19 heavy (non-hydrogen) atoms. The number of aliphatic hydroxyl groups excluding tert-OH is 1. The number of hydrogen-bond donors (Lipinski definition) is 4. The maximum atomic E-state index is 11.3. The van der Waals surface area contributed by atoms with Crippen LogP contribution in [0, 0.1) is 0 Å². The largest absolute Gasteiger partial charge is 0.465 e. The van der Waals surface area contributed by atoms with Gasteiger partial charge in [-0.1, -0.05) is 12.8 Å². The van der Waals surface area contributed by atoms with Gasteiger partial charge in [-0.15, -0.1) is 0 Å². The number of amides is 2. The number of rotatable bonds is 9. The summed E-state index contributed by atoms with van der Waals surface area (Å²) in [6.07, 6.45) is 1.86. The van der Waals surface area contributed by atoms with Gasteiger partial charge in [-0.3, -0.25) is 0 Å². The van der Waals surface area contributed by atoms with Crippen LogP contribution in [0.25, 0.3) is 0 Å². The van der Waals surface area contributed by atoms with E-state index < -0.39 is 17.8 Å². The van der Waals surface area contributed by atoms with Gasteiger partial charge in [0.05, 0.1) is 6.61 Å². The van der Waals surface area contributed by atoms with Gasteiger partial charge in [-0.25, -0.2) is 9.59 Å². The van der Waals surface area contributed by atoms with Gasteiger partial charge in [0, 0.05) is 13.1 Å². The maximum absolute atomic E-state index is 11.3. The molecule has 7 heteroatoms. The van der Waals surface area contributed by atoms with Crippen molar-refractivity contribution in [3.63, 3.8) is 0 Å². The normalized spacial score (nSPS) is 10.9. The van der Waals surface area contributed by atoms with Crippen LogP contribution in [0.4, 0.5) is 9.59 Å². The van der Waals surface area contributed by atoms with Crippen LogP contribution in [-0.4, -0.2) is 47.7 Å². The van der Waals surface area contributed by atoms with Crippen LogP contribution in [0.1, 0.15) is 39.5 Å². The third-order valence-corrected chi connectivity index (χ3v) is 2.40. The summed E-state index contributed by atoms with van der Waals surface area (Å²) in [5.41, 5.74) is -0.868. The van der Waals surface area contributed by atoms with Gasteiger partial charge in [0.25, 0.3) is 0 Å². The molecule has 0 atom stereocenters. The first-order chi connectivity index (χ1) is 8.87. The quantitative estimate of drug-likeness (QED) is 0.475. The monoisotopic (exact) mass is 276 g/mol. The second kappa shape index (κ2) is 9.43. The second-order valence-electron chi connectivity index (χ2n) is 4.88. The third-order valence-electron chi connectivity index (χ3n) is 2.40. The van der Waals surface area contributed by atoms with Crippen LogP contribution < -0.4 is 10.6 Å². The van der Waals surface area contributed by atoms with Gasteiger partial charge in [0.15, 0.2) is 0 Å². The van der Waals surface area contributed by atoms with Crippen molar-refractivity contribution in [1.82, 2.24) is 10.6 Å². The van der Waals surface area contributed by atoms with Gasteiger partial charge in [0.2, 0.25) is 0 Å². The number of unbranched alkanes of at least 4 members (excludes halogenated alkanes) is 3. The number of aliphatic hydroxyl groups is 1. The average Bonchev–Trinajstić information content (AvgIpc) is 2.31. The van der Waals surface area contributed by atoms with Gasteiger partial charge < -0.3 is 25.6 Å². The number of carbonyl (C=O) groups excluding carboxylic acids is 1. The number of ether oxygens (including phenoxy) is 1. The fourth-order valence-electron chi connectivity index (χ4n) is 1.31. The first-order valence-electron chi connectivity index (χ1n) is 6.42. The van der Waals surface area contributed by atoms with Crippen molar-refractivity contribution in [2.75, 3.05) is 19.7 Å². The van der Waals surface area contributed by atoms with Gasteiger partial charge in [0.1, 0.15) is 5.60 Å². The predicted molar refractivity (Wildman–Crippen MR) is 70.1 cm³/mol. The first kappa shape index (κ1) is 17.5. The lowest BCUT2D eigenvalue weighted by molar-refractivity contribution is -0.00332. The lowest BCUT2D eigenvalue weighted by atomic mass is 10.1.